The first-order valence-corrected chi connectivity index (χ1v) is 14.1. The standard InChI is InChI=1S/C27H29B3Cl2N6O/c1-4-19(39)36-13-26(14-36)10-15(11-26)38-23(27(28,29)30)21(24(35-38)37-8-6-5-7-25(37,2)3)20-16-12-33-34-18(16)9-17(31)22(20)32/h4,9,12,15H,1,5-8,10-11,13-14H2,2-3H3,(H,33,34). The van der Waals surface area contributed by atoms with Crippen LogP contribution < -0.4 is 4.90 Å². The molecule has 2 aliphatic heterocycles. The van der Waals surface area contributed by atoms with Crippen LogP contribution in [0.5, 0.6) is 0 Å². The fraction of sp³-hybridized carbons (Fsp3) is 0.519. The van der Waals surface area contributed by atoms with Crippen molar-refractivity contribution in [3.05, 3.63) is 40.7 Å². The number of H-pyrrole nitrogens is 1. The Morgan fingerprint density at radius 2 is 1.92 bits per heavy atom. The number of hydrogen-bond acceptors (Lipinski definition) is 4. The molecule has 1 aliphatic carbocycles. The number of piperidine rings is 1. The molecule has 3 aliphatic rings. The van der Waals surface area contributed by atoms with E-state index >= 15 is 0 Å². The van der Waals surface area contributed by atoms with Gasteiger partial charge in [0.05, 0.1) is 51.3 Å². The lowest BCUT2D eigenvalue weighted by atomic mass is 9.40. The summed E-state index contributed by atoms with van der Waals surface area (Å²) in [5, 5.41) is 12.3. The molecule has 1 amide bonds. The maximum atomic E-state index is 12.0. The van der Waals surface area contributed by atoms with E-state index < -0.39 is 5.11 Å². The van der Waals surface area contributed by atoms with Crippen molar-refractivity contribution in [1.82, 2.24) is 24.9 Å². The summed E-state index contributed by atoms with van der Waals surface area (Å²) in [7, 11) is 19.6. The van der Waals surface area contributed by atoms with E-state index in [-0.39, 0.29) is 22.9 Å². The average Bonchev–Trinajstić information content (AvgIpc) is 3.42. The molecule has 196 valence electrons. The van der Waals surface area contributed by atoms with Gasteiger partial charge in [-0.05, 0) is 58.1 Å². The van der Waals surface area contributed by atoms with Gasteiger partial charge in [-0.2, -0.15) is 10.2 Å². The van der Waals surface area contributed by atoms with Crippen LogP contribution in [-0.4, -0.2) is 79.5 Å². The number of aromatic nitrogens is 4. The number of carbonyl (C=O) groups excluding carboxylic acids is 1. The van der Waals surface area contributed by atoms with Crippen molar-refractivity contribution in [3.63, 3.8) is 0 Å². The second-order valence-electron chi connectivity index (χ2n) is 12.2. The molecule has 39 heavy (non-hydrogen) atoms. The number of rotatable bonds is 5. The molecule has 0 atom stereocenters. The molecule has 6 rings (SSSR count). The lowest BCUT2D eigenvalue weighted by Gasteiger charge is -2.59. The summed E-state index contributed by atoms with van der Waals surface area (Å²) in [5.74, 6) is 0.704. The van der Waals surface area contributed by atoms with Crippen LogP contribution in [0.1, 0.15) is 57.7 Å². The van der Waals surface area contributed by atoms with Crippen LogP contribution in [0.4, 0.5) is 5.82 Å². The van der Waals surface area contributed by atoms with Crippen molar-refractivity contribution in [2.24, 2.45) is 5.41 Å². The summed E-state index contributed by atoms with van der Waals surface area (Å²) in [6, 6.07) is 1.78. The highest BCUT2D eigenvalue weighted by Gasteiger charge is 2.55. The quantitative estimate of drug-likeness (QED) is 0.372. The van der Waals surface area contributed by atoms with Gasteiger partial charge in [0.1, 0.15) is 0 Å². The summed E-state index contributed by atoms with van der Waals surface area (Å²) < 4.78 is 1.92. The fourth-order valence-electron chi connectivity index (χ4n) is 6.88. The van der Waals surface area contributed by atoms with Crippen LogP contribution in [0.25, 0.3) is 22.0 Å². The molecule has 12 heteroatoms. The zero-order chi connectivity index (χ0) is 27.9. The van der Waals surface area contributed by atoms with Gasteiger partial charge in [-0.3, -0.25) is 14.6 Å². The van der Waals surface area contributed by atoms with E-state index in [4.69, 9.17) is 51.8 Å². The van der Waals surface area contributed by atoms with Crippen LogP contribution in [0, 0.1) is 5.41 Å². The second kappa shape index (κ2) is 9.10. The van der Waals surface area contributed by atoms with Gasteiger partial charge in [0.15, 0.2) is 5.82 Å². The molecule has 1 N–H and O–H groups in total. The highest BCUT2D eigenvalue weighted by Crippen LogP contribution is 2.56. The summed E-state index contributed by atoms with van der Waals surface area (Å²) >= 11 is 13.6. The number of anilines is 1. The van der Waals surface area contributed by atoms with Gasteiger partial charge in [-0.15, -0.1) is 0 Å². The Hall–Kier alpha value is -2.32. The van der Waals surface area contributed by atoms with E-state index in [1.165, 1.54) is 6.08 Å². The molecule has 1 saturated carbocycles. The van der Waals surface area contributed by atoms with E-state index in [1.54, 1.807) is 12.3 Å². The summed E-state index contributed by atoms with van der Waals surface area (Å²) in [6.07, 6.45) is 7.95. The van der Waals surface area contributed by atoms with Crippen LogP contribution in [0.2, 0.25) is 10.0 Å². The number of carbonyl (C=O) groups is 1. The number of nitrogens with one attached hydrogen (secondary N) is 1. The summed E-state index contributed by atoms with van der Waals surface area (Å²) in [6.45, 7) is 10.3. The lowest BCUT2D eigenvalue weighted by Crippen LogP contribution is -2.63. The van der Waals surface area contributed by atoms with E-state index in [1.807, 2.05) is 9.58 Å². The van der Waals surface area contributed by atoms with E-state index in [0.29, 0.717) is 40.0 Å². The van der Waals surface area contributed by atoms with Gasteiger partial charge < -0.3 is 9.80 Å². The maximum absolute atomic E-state index is 12.0. The molecule has 1 aromatic carbocycles. The summed E-state index contributed by atoms with van der Waals surface area (Å²) in [4.78, 5) is 16.2. The number of hydrogen-bond donors (Lipinski definition) is 1. The number of likely N-dealkylation sites (tertiary alicyclic amines) is 1. The first kappa shape index (κ1) is 26.9. The van der Waals surface area contributed by atoms with Crippen molar-refractivity contribution in [3.8, 4) is 11.1 Å². The normalized spacial score (nSPS) is 20.7. The van der Waals surface area contributed by atoms with Gasteiger partial charge in [-0.1, -0.05) is 34.9 Å². The van der Waals surface area contributed by atoms with Crippen molar-refractivity contribution < 1.29 is 4.79 Å². The number of aromatic amines is 1. The molecule has 3 aromatic rings. The van der Waals surface area contributed by atoms with Gasteiger partial charge >= 0.3 is 0 Å². The third-order valence-corrected chi connectivity index (χ3v) is 9.61. The molecule has 4 heterocycles. The van der Waals surface area contributed by atoms with Crippen molar-refractivity contribution in [1.29, 1.82) is 0 Å². The zero-order valence-corrected chi connectivity index (χ0v) is 23.8. The molecule has 2 aromatic heterocycles. The fourth-order valence-corrected chi connectivity index (χ4v) is 7.33. The van der Waals surface area contributed by atoms with Gasteiger partial charge in [0.2, 0.25) is 5.91 Å². The van der Waals surface area contributed by atoms with Crippen molar-refractivity contribution >= 4 is 69.4 Å². The molecule has 0 bridgehead atoms. The number of amides is 1. The SMILES string of the molecule is [B]C([B])([B])c1c(-c2c(Cl)c(Cl)cc3[nH]ncc23)c(N2CCCCC2(C)C)nn1C1CC2(C1)CN(C(=O)C=C)C2. The number of nitrogens with zero attached hydrogens (tertiary/aromatic N) is 5. The highest BCUT2D eigenvalue weighted by molar-refractivity contribution is 6.59. The topological polar surface area (TPSA) is 70.1 Å². The Balaban J connectivity index is 1.53. The van der Waals surface area contributed by atoms with E-state index in [2.05, 4.69) is 35.5 Å². The number of fused-ring (bicyclic) bond motifs is 1. The first-order chi connectivity index (χ1) is 18.3. The van der Waals surface area contributed by atoms with Crippen LogP contribution in [-0.2, 0) is 9.91 Å². The predicted octanol–water partition coefficient (Wildman–Crippen LogP) is 4.47. The molecule has 6 radical (unpaired) electrons. The molecular weight excluding hydrogens is 528 g/mol. The molecule has 3 fully saturated rings. The Morgan fingerprint density at radius 3 is 2.56 bits per heavy atom. The zero-order valence-electron chi connectivity index (χ0n) is 22.3. The lowest BCUT2D eigenvalue weighted by molar-refractivity contribution is -0.149. The van der Waals surface area contributed by atoms with E-state index in [0.717, 1.165) is 55.4 Å². The largest absolute Gasteiger partial charge is 0.350 e. The molecular formula is C27H29B3Cl2N6O. The molecule has 0 unspecified atom stereocenters. The maximum Gasteiger partial charge on any atom is 0.245 e. The third kappa shape index (κ3) is 4.24. The van der Waals surface area contributed by atoms with Crippen molar-refractivity contribution in [2.45, 2.75) is 62.6 Å². The van der Waals surface area contributed by atoms with Gasteiger partial charge in [0.25, 0.3) is 0 Å². The Bertz CT molecular complexity index is 1480. The molecule has 1 spiro atoms. The predicted molar refractivity (Wildman–Crippen MR) is 159 cm³/mol. The third-order valence-electron chi connectivity index (χ3n) is 8.82. The number of benzene rings is 1. The van der Waals surface area contributed by atoms with E-state index in [9.17, 15) is 4.79 Å². The monoisotopic (exact) mass is 556 g/mol. The van der Waals surface area contributed by atoms with Gasteiger partial charge in [0, 0.05) is 52.8 Å². The minimum atomic E-state index is -1.71. The Kier molecular flexibility index (Phi) is 6.27. The summed E-state index contributed by atoms with van der Waals surface area (Å²) in [5.41, 5.74) is 2.49. The van der Waals surface area contributed by atoms with Crippen LogP contribution >= 0.6 is 23.2 Å². The highest BCUT2D eigenvalue weighted by atomic mass is 35.5. The van der Waals surface area contributed by atoms with Crippen molar-refractivity contribution in [2.75, 3.05) is 24.5 Å². The number of halogens is 2. The second-order valence-corrected chi connectivity index (χ2v) is 13.0. The van der Waals surface area contributed by atoms with Gasteiger partial charge in [-0.25, -0.2) is 0 Å². The first-order valence-electron chi connectivity index (χ1n) is 13.4. The smallest absolute Gasteiger partial charge is 0.245 e. The van der Waals surface area contributed by atoms with Crippen LogP contribution in [0.3, 0.4) is 0 Å². The minimum Gasteiger partial charge on any atom is -0.350 e. The minimum absolute atomic E-state index is 0.0224. The Morgan fingerprint density at radius 1 is 1.21 bits per heavy atom. The Labute approximate surface area is 242 Å². The average molecular weight is 557 g/mol. The van der Waals surface area contributed by atoms with Crippen LogP contribution in [0.15, 0.2) is 24.9 Å². The molecule has 7 nitrogen and oxygen atoms in total. The molecule has 2 saturated heterocycles.